The van der Waals surface area contributed by atoms with Crippen LogP contribution in [0.1, 0.15) is 35.4 Å². The number of aromatic nitrogens is 2. The van der Waals surface area contributed by atoms with Crippen LogP contribution in [0.25, 0.3) is 16.6 Å². The minimum Gasteiger partial charge on any atom is -0.233 e. The predicted molar refractivity (Wildman–Crippen MR) is 138 cm³/mol. The Morgan fingerprint density at radius 3 is 2.53 bits per heavy atom. The fourth-order valence-corrected chi connectivity index (χ4v) is 8.53. The second-order valence-corrected chi connectivity index (χ2v) is 12.8. The van der Waals surface area contributed by atoms with E-state index in [0.717, 1.165) is 35.0 Å². The zero-order valence-corrected chi connectivity index (χ0v) is 21.0. The second-order valence-electron chi connectivity index (χ2n) is 10.8. The number of piperidine rings is 1. The molecule has 0 radical (unpaired) electrons. The summed E-state index contributed by atoms with van der Waals surface area (Å²) in [5, 5.41) is 5.60. The lowest BCUT2D eigenvalue weighted by Crippen LogP contribution is -2.36. The lowest BCUT2D eigenvalue weighted by molar-refractivity contribution is 0.420. The summed E-state index contributed by atoms with van der Waals surface area (Å²) in [5.41, 5.74) is 5.18. The largest absolute Gasteiger partial charge is 0.233 e. The van der Waals surface area contributed by atoms with E-state index < -0.39 is 10.0 Å². The van der Waals surface area contributed by atoms with E-state index in [2.05, 4.69) is 48.4 Å². The lowest BCUT2D eigenvalue weighted by Gasteiger charge is -2.25. The third kappa shape index (κ3) is 3.36. The van der Waals surface area contributed by atoms with Crippen LogP contribution in [0.3, 0.4) is 0 Å². The first-order valence-corrected chi connectivity index (χ1v) is 14.3. The van der Waals surface area contributed by atoms with Crippen molar-refractivity contribution in [3.63, 3.8) is 0 Å². The van der Waals surface area contributed by atoms with Crippen LogP contribution in [0.15, 0.2) is 72.9 Å². The van der Waals surface area contributed by atoms with Crippen molar-refractivity contribution in [2.75, 3.05) is 18.8 Å². The summed E-state index contributed by atoms with van der Waals surface area (Å²) in [6.07, 6.45) is 3.91. The first kappa shape index (κ1) is 22.2. The van der Waals surface area contributed by atoms with Crippen LogP contribution in [-0.4, -0.2) is 41.3 Å². The zero-order valence-electron chi connectivity index (χ0n) is 20.1. The Bertz CT molecular complexity index is 1580. The van der Waals surface area contributed by atoms with Gasteiger partial charge in [0.25, 0.3) is 0 Å². The molecule has 184 valence electrons. The van der Waals surface area contributed by atoms with Gasteiger partial charge in [-0.1, -0.05) is 30.3 Å². The van der Waals surface area contributed by atoms with Gasteiger partial charge in [0.2, 0.25) is 10.0 Å². The number of hydrogen-bond donors (Lipinski definition) is 0. The van der Waals surface area contributed by atoms with Crippen LogP contribution < -0.4 is 0 Å². The standard InChI is InChI=1S/C29H28FN3O2S/c1-19-13-27-22(15-31-33(27)24-11-9-23(30)10-12-24)14-25(19)29-18-32(36(34,35)17-20-7-8-20)16-26(29)28(29)21-5-3-2-4-6-21/h2-6,9-15,20,26,28H,7-8,16-18H2,1H3/t26-,28-,29+/m1/s1. The summed E-state index contributed by atoms with van der Waals surface area (Å²) in [5.74, 6) is 0.908. The maximum atomic E-state index is 13.5. The van der Waals surface area contributed by atoms with Crippen molar-refractivity contribution in [2.24, 2.45) is 11.8 Å². The number of hydrogen-bond acceptors (Lipinski definition) is 3. The Hall–Kier alpha value is -3.03. The highest BCUT2D eigenvalue weighted by molar-refractivity contribution is 7.89. The number of sulfonamides is 1. The molecule has 3 aliphatic rings. The van der Waals surface area contributed by atoms with Gasteiger partial charge in [-0.3, -0.25) is 0 Å². The Morgan fingerprint density at radius 2 is 1.81 bits per heavy atom. The summed E-state index contributed by atoms with van der Waals surface area (Å²) < 4.78 is 43.5. The molecule has 0 unspecified atom stereocenters. The topological polar surface area (TPSA) is 55.2 Å². The number of aryl methyl sites for hydroxylation is 1. The van der Waals surface area contributed by atoms with E-state index in [0.29, 0.717) is 24.9 Å². The highest BCUT2D eigenvalue weighted by Crippen LogP contribution is 2.70. The number of halogens is 1. The minimum absolute atomic E-state index is 0.228. The molecule has 3 aromatic carbocycles. The molecule has 36 heavy (non-hydrogen) atoms. The van der Waals surface area contributed by atoms with Crippen molar-refractivity contribution >= 4 is 20.9 Å². The predicted octanol–water partition coefficient (Wildman–Crippen LogP) is 5.18. The molecular formula is C29H28FN3O2S. The van der Waals surface area contributed by atoms with Crippen LogP contribution in [0.5, 0.6) is 0 Å². The summed E-state index contributed by atoms with van der Waals surface area (Å²) in [7, 11) is -3.26. The van der Waals surface area contributed by atoms with Crippen LogP contribution in [0, 0.1) is 24.6 Å². The van der Waals surface area contributed by atoms with Crippen molar-refractivity contribution in [2.45, 2.75) is 31.1 Å². The van der Waals surface area contributed by atoms with Gasteiger partial charge in [0.15, 0.2) is 0 Å². The highest BCUT2D eigenvalue weighted by atomic mass is 32.2. The molecule has 3 fully saturated rings. The molecule has 2 saturated carbocycles. The first-order valence-electron chi connectivity index (χ1n) is 12.6. The van der Waals surface area contributed by atoms with E-state index in [1.165, 1.54) is 23.3 Å². The van der Waals surface area contributed by atoms with Crippen molar-refractivity contribution < 1.29 is 12.8 Å². The van der Waals surface area contributed by atoms with E-state index >= 15 is 0 Å². The quantitative estimate of drug-likeness (QED) is 0.366. The molecule has 5 nitrogen and oxygen atoms in total. The fraction of sp³-hybridized carbons (Fsp3) is 0.345. The Kier molecular flexibility index (Phi) is 4.77. The average molecular weight is 502 g/mol. The van der Waals surface area contributed by atoms with E-state index in [1.807, 2.05) is 16.9 Å². The smallest absolute Gasteiger partial charge is 0.214 e. The summed E-state index contributed by atoms with van der Waals surface area (Å²) >= 11 is 0. The maximum absolute atomic E-state index is 13.5. The summed E-state index contributed by atoms with van der Waals surface area (Å²) in [6.45, 7) is 3.23. The average Bonchev–Trinajstić information content (AvgIpc) is 3.70. The number of nitrogens with zero attached hydrogens (tertiary/aromatic N) is 3. The lowest BCUT2D eigenvalue weighted by atomic mass is 9.87. The van der Waals surface area contributed by atoms with E-state index in [1.54, 1.807) is 16.4 Å². The molecule has 0 spiro atoms. The first-order chi connectivity index (χ1) is 17.4. The molecule has 7 rings (SSSR count). The van der Waals surface area contributed by atoms with Gasteiger partial charge in [-0.15, -0.1) is 0 Å². The fourth-order valence-electron chi connectivity index (χ4n) is 6.59. The maximum Gasteiger partial charge on any atom is 0.214 e. The van der Waals surface area contributed by atoms with E-state index in [-0.39, 0.29) is 22.9 Å². The zero-order chi connectivity index (χ0) is 24.7. The molecule has 4 aromatic rings. The van der Waals surface area contributed by atoms with Gasteiger partial charge >= 0.3 is 0 Å². The number of rotatable bonds is 6. The highest BCUT2D eigenvalue weighted by Gasteiger charge is 2.71. The van der Waals surface area contributed by atoms with Crippen molar-refractivity contribution in [3.8, 4) is 5.69 Å². The van der Waals surface area contributed by atoms with Gasteiger partial charge in [-0.2, -0.15) is 5.10 Å². The van der Waals surface area contributed by atoms with E-state index in [4.69, 9.17) is 0 Å². The summed E-state index contributed by atoms with van der Waals surface area (Å²) in [4.78, 5) is 0. The van der Waals surface area contributed by atoms with Crippen molar-refractivity contribution in [1.82, 2.24) is 14.1 Å². The Morgan fingerprint density at radius 1 is 1.06 bits per heavy atom. The molecule has 0 N–H and O–H groups in total. The van der Waals surface area contributed by atoms with Gasteiger partial charge in [-0.25, -0.2) is 21.8 Å². The van der Waals surface area contributed by atoms with Crippen LogP contribution >= 0.6 is 0 Å². The van der Waals surface area contributed by atoms with Crippen molar-refractivity contribution in [1.29, 1.82) is 0 Å². The third-order valence-electron chi connectivity index (χ3n) is 8.53. The van der Waals surface area contributed by atoms with Crippen LogP contribution in [0.4, 0.5) is 4.39 Å². The van der Waals surface area contributed by atoms with Gasteiger partial charge in [0.1, 0.15) is 5.82 Å². The molecule has 0 amide bonds. The number of fused-ring (bicyclic) bond motifs is 2. The normalized spacial score (nSPS) is 25.8. The third-order valence-corrected chi connectivity index (χ3v) is 10.5. The molecule has 0 bridgehead atoms. The second kappa shape index (κ2) is 7.73. The molecule has 3 atom stereocenters. The molecule has 2 aliphatic carbocycles. The van der Waals surface area contributed by atoms with Gasteiger partial charge in [-0.05, 0) is 84.7 Å². The van der Waals surface area contributed by atoms with Crippen LogP contribution in [0.2, 0.25) is 0 Å². The van der Waals surface area contributed by atoms with Gasteiger partial charge < -0.3 is 0 Å². The minimum atomic E-state index is -3.26. The Balaban J connectivity index is 1.31. The molecule has 1 aromatic heterocycles. The van der Waals surface area contributed by atoms with Crippen LogP contribution in [-0.2, 0) is 15.4 Å². The monoisotopic (exact) mass is 501 g/mol. The summed E-state index contributed by atoms with van der Waals surface area (Å²) in [6, 6.07) is 21.2. The Labute approximate surface area is 210 Å². The molecule has 2 heterocycles. The van der Waals surface area contributed by atoms with E-state index in [9.17, 15) is 12.8 Å². The van der Waals surface area contributed by atoms with Gasteiger partial charge in [0.05, 0.1) is 23.2 Å². The SMILES string of the molecule is Cc1cc2c(cnn2-c2ccc(F)cc2)cc1[C@@]12CN(S(=O)(=O)CC3CC3)C[C@@H]1[C@H]2c1ccccc1. The number of benzene rings is 3. The van der Waals surface area contributed by atoms with Gasteiger partial charge in [0, 0.05) is 29.8 Å². The molecule has 1 aliphatic heterocycles. The molecule has 7 heteroatoms. The molecular weight excluding hydrogens is 473 g/mol. The van der Waals surface area contributed by atoms with Crippen molar-refractivity contribution in [3.05, 3.63) is 95.4 Å². The molecule has 1 saturated heterocycles.